The van der Waals surface area contributed by atoms with Gasteiger partial charge >= 0.3 is 0 Å². The molecule has 98 valence electrons. The SMILES string of the molecule is CON(C)C(=O)c1cccc([C@@H]2CN[C@H](C)C2)c1. The summed E-state index contributed by atoms with van der Waals surface area (Å²) in [6.07, 6.45) is 1.12. The monoisotopic (exact) mass is 248 g/mol. The molecule has 1 aliphatic rings. The number of nitrogens with zero attached hydrogens (tertiary/aromatic N) is 1. The van der Waals surface area contributed by atoms with E-state index in [1.807, 2.05) is 18.2 Å². The van der Waals surface area contributed by atoms with Crippen LogP contribution < -0.4 is 5.32 Å². The lowest BCUT2D eigenvalue weighted by atomic mass is 9.95. The van der Waals surface area contributed by atoms with Gasteiger partial charge in [-0.25, -0.2) is 5.06 Å². The molecule has 1 amide bonds. The van der Waals surface area contributed by atoms with Crippen molar-refractivity contribution in [2.75, 3.05) is 20.7 Å². The lowest BCUT2D eigenvalue weighted by molar-refractivity contribution is -0.0757. The van der Waals surface area contributed by atoms with E-state index >= 15 is 0 Å². The normalized spacial score (nSPS) is 23.1. The minimum Gasteiger partial charge on any atom is -0.314 e. The van der Waals surface area contributed by atoms with E-state index in [-0.39, 0.29) is 5.91 Å². The van der Waals surface area contributed by atoms with Gasteiger partial charge in [-0.05, 0) is 37.0 Å². The van der Waals surface area contributed by atoms with Crippen LogP contribution in [-0.4, -0.2) is 37.7 Å². The Balaban J connectivity index is 2.17. The van der Waals surface area contributed by atoms with Gasteiger partial charge in [-0.15, -0.1) is 0 Å². The number of hydrogen-bond acceptors (Lipinski definition) is 3. The maximum absolute atomic E-state index is 12.0. The summed E-state index contributed by atoms with van der Waals surface area (Å²) in [7, 11) is 3.11. The Hall–Kier alpha value is -1.39. The molecule has 1 saturated heterocycles. The molecule has 0 aliphatic carbocycles. The van der Waals surface area contributed by atoms with Crippen molar-refractivity contribution in [2.24, 2.45) is 0 Å². The summed E-state index contributed by atoms with van der Waals surface area (Å²) in [6.45, 7) is 3.17. The highest BCUT2D eigenvalue weighted by atomic mass is 16.7. The molecule has 1 aliphatic heterocycles. The third-order valence-corrected chi connectivity index (χ3v) is 3.52. The van der Waals surface area contributed by atoms with Crippen molar-refractivity contribution in [1.29, 1.82) is 0 Å². The van der Waals surface area contributed by atoms with Gasteiger partial charge in [0, 0.05) is 25.2 Å². The van der Waals surface area contributed by atoms with Crippen molar-refractivity contribution in [3.63, 3.8) is 0 Å². The zero-order valence-electron chi connectivity index (χ0n) is 11.1. The van der Waals surface area contributed by atoms with E-state index in [1.54, 1.807) is 7.05 Å². The Morgan fingerprint density at radius 3 is 2.89 bits per heavy atom. The van der Waals surface area contributed by atoms with Gasteiger partial charge in [-0.3, -0.25) is 9.63 Å². The minimum atomic E-state index is -0.113. The number of carbonyl (C=O) groups excluding carboxylic acids is 1. The summed E-state index contributed by atoms with van der Waals surface area (Å²) in [5, 5.41) is 4.68. The predicted molar refractivity (Wildman–Crippen MR) is 70.4 cm³/mol. The quantitative estimate of drug-likeness (QED) is 0.829. The van der Waals surface area contributed by atoms with Crippen molar-refractivity contribution in [3.05, 3.63) is 35.4 Å². The van der Waals surface area contributed by atoms with Gasteiger partial charge < -0.3 is 5.32 Å². The van der Waals surface area contributed by atoms with Crippen LogP contribution in [0.3, 0.4) is 0 Å². The predicted octanol–water partition coefficient (Wildman–Crippen LogP) is 1.79. The molecule has 1 fully saturated rings. The van der Waals surface area contributed by atoms with Gasteiger partial charge in [0.1, 0.15) is 0 Å². The van der Waals surface area contributed by atoms with Crippen molar-refractivity contribution in [1.82, 2.24) is 10.4 Å². The lowest BCUT2D eigenvalue weighted by Crippen LogP contribution is -2.25. The second-order valence-electron chi connectivity index (χ2n) is 4.85. The van der Waals surface area contributed by atoms with Crippen LogP contribution >= 0.6 is 0 Å². The summed E-state index contributed by atoms with van der Waals surface area (Å²) in [4.78, 5) is 16.9. The van der Waals surface area contributed by atoms with Crippen molar-refractivity contribution >= 4 is 5.91 Å². The number of rotatable bonds is 3. The van der Waals surface area contributed by atoms with Crippen LogP contribution in [0.1, 0.15) is 35.2 Å². The van der Waals surface area contributed by atoms with E-state index in [0.29, 0.717) is 17.5 Å². The molecule has 4 nitrogen and oxygen atoms in total. The first-order chi connectivity index (χ1) is 8.61. The Morgan fingerprint density at radius 2 is 2.28 bits per heavy atom. The number of hydroxylamine groups is 2. The van der Waals surface area contributed by atoms with Crippen LogP contribution in [-0.2, 0) is 4.84 Å². The molecule has 0 unspecified atom stereocenters. The Labute approximate surface area is 108 Å². The number of carbonyl (C=O) groups is 1. The molecule has 2 atom stereocenters. The molecule has 0 spiro atoms. The zero-order chi connectivity index (χ0) is 13.1. The average Bonchev–Trinajstić information content (AvgIpc) is 2.84. The van der Waals surface area contributed by atoms with Crippen LogP contribution in [0.15, 0.2) is 24.3 Å². The molecular weight excluding hydrogens is 228 g/mol. The van der Waals surface area contributed by atoms with Crippen LogP contribution in [0.4, 0.5) is 0 Å². The second-order valence-corrected chi connectivity index (χ2v) is 4.85. The van der Waals surface area contributed by atoms with Gasteiger partial charge in [0.25, 0.3) is 5.91 Å². The maximum Gasteiger partial charge on any atom is 0.277 e. The maximum atomic E-state index is 12.0. The highest BCUT2D eigenvalue weighted by molar-refractivity contribution is 5.93. The van der Waals surface area contributed by atoms with E-state index < -0.39 is 0 Å². The second kappa shape index (κ2) is 5.50. The van der Waals surface area contributed by atoms with Gasteiger partial charge in [0.05, 0.1) is 7.11 Å². The molecule has 0 aromatic heterocycles. The summed E-state index contributed by atoms with van der Waals surface area (Å²) in [6, 6.07) is 8.38. The number of nitrogens with one attached hydrogen (secondary N) is 1. The van der Waals surface area contributed by atoms with E-state index in [1.165, 1.54) is 17.7 Å². The molecule has 1 heterocycles. The van der Waals surface area contributed by atoms with Crippen LogP contribution in [0.5, 0.6) is 0 Å². The van der Waals surface area contributed by atoms with Crippen LogP contribution in [0.25, 0.3) is 0 Å². The third kappa shape index (κ3) is 2.71. The number of benzene rings is 1. The molecule has 0 radical (unpaired) electrons. The summed E-state index contributed by atoms with van der Waals surface area (Å²) < 4.78 is 0. The first-order valence-corrected chi connectivity index (χ1v) is 6.27. The molecule has 1 aromatic rings. The van der Waals surface area contributed by atoms with Gasteiger partial charge in [0.15, 0.2) is 0 Å². The fraction of sp³-hybridized carbons (Fsp3) is 0.500. The Bertz CT molecular complexity index is 434. The molecule has 0 saturated carbocycles. The first kappa shape index (κ1) is 13.1. The Morgan fingerprint density at radius 1 is 1.50 bits per heavy atom. The highest BCUT2D eigenvalue weighted by Crippen LogP contribution is 2.26. The smallest absolute Gasteiger partial charge is 0.277 e. The van der Waals surface area contributed by atoms with E-state index in [9.17, 15) is 4.79 Å². The molecular formula is C14H20N2O2. The molecule has 18 heavy (non-hydrogen) atoms. The third-order valence-electron chi connectivity index (χ3n) is 3.52. The molecule has 0 bridgehead atoms. The topological polar surface area (TPSA) is 41.6 Å². The molecule has 1 aromatic carbocycles. The average molecular weight is 248 g/mol. The minimum absolute atomic E-state index is 0.113. The van der Waals surface area contributed by atoms with Crippen molar-refractivity contribution in [3.8, 4) is 0 Å². The standard InChI is InChI=1S/C14H20N2O2/c1-10-7-13(9-15-10)11-5-4-6-12(8-11)14(17)16(2)18-3/h4-6,8,10,13,15H,7,9H2,1-3H3/t10-,13+/m1/s1. The summed E-state index contributed by atoms with van der Waals surface area (Å²) in [5.41, 5.74) is 1.90. The largest absolute Gasteiger partial charge is 0.314 e. The van der Waals surface area contributed by atoms with Crippen molar-refractivity contribution < 1.29 is 9.63 Å². The number of amides is 1. The fourth-order valence-corrected chi connectivity index (χ4v) is 2.38. The highest BCUT2D eigenvalue weighted by Gasteiger charge is 2.23. The van der Waals surface area contributed by atoms with E-state index in [0.717, 1.165) is 13.0 Å². The summed E-state index contributed by atoms with van der Waals surface area (Å²) in [5.74, 6) is 0.388. The molecule has 2 rings (SSSR count). The van der Waals surface area contributed by atoms with Crippen LogP contribution in [0.2, 0.25) is 0 Å². The first-order valence-electron chi connectivity index (χ1n) is 6.27. The number of hydrogen-bond donors (Lipinski definition) is 1. The molecule has 1 N–H and O–H groups in total. The van der Waals surface area contributed by atoms with E-state index in [4.69, 9.17) is 4.84 Å². The zero-order valence-corrected chi connectivity index (χ0v) is 11.1. The van der Waals surface area contributed by atoms with Gasteiger partial charge in [0.2, 0.25) is 0 Å². The summed E-state index contributed by atoms with van der Waals surface area (Å²) >= 11 is 0. The van der Waals surface area contributed by atoms with Crippen molar-refractivity contribution in [2.45, 2.75) is 25.3 Å². The van der Waals surface area contributed by atoms with E-state index in [2.05, 4.69) is 18.3 Å². The van der Waals surface area contributed by atoms with Gasteiger partial charge in [-0.1, -0.05) is 12.1 Å². The van der Waals surface area contributed by atoms with Gasteiger partial charge in [-0.2, -0.15) is 0 Å². The molecule has 4 heteroatoms. The lowest BCUT2D eigenvalue weighted by Gasteiger charge is -2.15. The fourth-order valence-electron chi connectivity index (χ4n) is 2.38. The Kier molecular flexibility index (Phi) is 3.99. The van der Waals surface area contributed by atoms with Crippen LogP contribution in [0, 0.1) is 0 Å².